The SMILES string of the molecule is COc1cc(OC)c(C2=CN3C=C(I)C=CC3=CN2)cc1Cl. The van der Waals surface area contributed by atoms with Gasteiger partial charge in [-0.05, 0) is 40.8 Å². The van der Waals surface area contributed by atoms with Gasteiger partial charge in [0.25, 0.3) is 0 Å². The fourth-order valence-corrected chi connectivity index (χ4v) is 3.00. The van der Waals surface area contributed by atoms with Crippen molar-refractivity contribution in [2.75, 3.05) is 14.2 Å². The summed E-state index contributed by atoms with van der Waals surface area (Å²) in [6.45, 7) is 0. The third kappa shape index (κ3) is 2.83. The van der Waals surface area contributed by atoms with Crippen LogP contribution in [0.5, 0.6) is 11.5 Å². The fourth-order valence-electron chi connectivity index (χ4n) is 2.28. The number of hydrogen-bond acceptors (Lipinski definition) is 4. The molecule has 114 valence electrons. The molecule has 0 unspecified atom stereocenters. The summed E-state index contributed by atoms with van der Waals surface area (Å²) in [5.74, 6) is 1.29. The van der Waals surface area contributed by atoms with E-state index in [0.29, 0.717) is 16.5 Å². The van der Waals surface area contributed by atoms with E-state index < -0.39 is 0 Å². The number of rotatable bonds is 3. The molecule has 0 saturated heterocycles. The van der Waals surface area contributed by atoms with Crippen molar-refractivity contribution in [3.8, 4) is 11.5 Å². The Balaban J connectivity index is 2.02. The van der Waals surface area contributed by atoms with Crippen molar-refractivity contribution in [3.05, 3.63) is 62.7 Å². The van der Waals surface area contributed by atoms with Gasteiger partial charge < -0.3 is 19.7 Å². The van der Waals surface area contributed by atoms with Gasteiger partial charge in [0, 0.05) is 33.8 Å². The number of benzene rings is 1. The summed E-state index contributed by atoms with van der Waals surface area (Å²) in [6.07, 6.45) is 10.1. The van der Waals surface area contributed by atoms with E-state index in [1.807, 2.05) is 18.5 Å². The molecule has 0 bridgehead atoms. The molecule has 0 atom stereocenters. The van der Waals surface area contributed by atoms with Crippen LogP contribution in [0.15, 0.2) is 52.2 Å². The summed E-state index contributed by atoms with van der Waals surface area (Å²) < 4.78 is 11.9. The minimum absolute atomic E-state index is 0.541. The Morgan fingerprint density at radius 2 is 1.86 bits per heavy atom. The first kappa shape index (κ1) is 15.3. The Hall–Kier alpha value is -1.60. The minimum Gasteiger partial charge on any atom is -0.496 e. The summed E-state index contributed by atoms with van der Waals surface area (Å²) in [5.41, 5.74) is 2.85. The molecule has 0 radical (unpaired) electrons. The number of allylic oxidation sites excluding steroid dienone is 3. The maximum Gasteiger partial charge on any atom is 0.141 e. The third-order valence-electron chi connectivity index (χ3n) is 3.38. The third-order valence-corrected chi connectivity index (χ3v) is 4.32. The van der Waals surface area contributed by atoms with Crippen LogP contribution in [0, 0.1) is 0 Å². The molecule has 6 heteroatoms. The molecule has 2 aliphatic heterocycles. The van der Waals surface area contributed by atoms with Gasteiger partial charge in [0.2, 0.25) is 0 Å². The molecule has 0 aliphatic carbocycles. The lowest BCUT2D eigenvalue weighted by Crippen LogP contribution is -2.22. The minimum atomic E-state index is 0.541. The first-order valence-electron chi connectivity index (χ1n) is 6.56. The largest absolute Gasteiger partial charge is 0.496 e. The van der Waals surface area contributed by atoms with E-state index in [4.69, 9.17) is 21.1 Å². The number of hydrogen-bond donors (Lipinski definition) is 1. The van der Waals surface area contributed by atoms with Gasteiger partial charge >= 0.3 is 0 Å². The zero-order valence-corrected chi connectivity index (χ0v) is 15.0. The Kier molecular flexibility index (Phi) is 4.35. The second-order valence-electron chi connectivity index (χ2n) is 4.70. The number of methoxy groups -OCH3 is 2. The summed E-state index contributed by atoms with van der Waals surface area (Å²) >= 11 is 8.54. The first-order valence-corrected chi connectivity index (χ1v) is 8.02. The summed E-state index contributed by atoms with van der Waals surface area (Å²) in [5, 5.41) is 3.82. The van der Waals surface area contributed by atoms with Crippen molar-refractivity contribution in [2.24, 2.45) is 0 Å². The second-order valence-corrected chi connectivity index (χ2v) is 6.35. The van der Waals surface area contributed by atoms with Crippen LogP contribution in [0.1, 0.15) is 5.56 Å². The van der Waals surface area contributed by atoms with E-state index >= 15 is 0 Å². The van der Waals surface area contributed by atoms with Gasteiger partial charge in [-0.3, -0.25) is 0 Å². The quantitative estimate of drug-likeness (QED) is 0.730. The number of ether oxygens (including phenoxy) is 2. The first-order chi connectivity index (χ1) is 10.6. The maximum atomic E-state index is 6.25. The van der Waals surface area contributed by atoms with Crippen molar-refractivity contribution in [1.82, 2.24) is 10.2 Å². The average molecular weight is 429 g/mol. The van der Waals surface area contributed by atoms with Gasteiger partial charge in [-0.15, -0.1) is 0 Å². The Labute approximate surface area is 147 Å². The smallest absolute Gasteiger partial charge is 0.141 e. The van der Waals surface area contributed by atoms with Crippen LogP contribution in [0.2, 0.25) is 5.02 Å². The molecule has 4 nitrogen and oxygen atoms in total. The van der Waals surface area contributed by atoms with Crippen molar-refractivity contribution >= 4 is 39.9 Å². The predicted molar refractivity (Wildman–Crippen MR) is 96.8 cm³/mol. The maximum absolute atomic E-state index is 6.25. The highest BCUT2D eigenvalue weighted by Crippen LogP contribution is 2.37. The number of nitrogens with one attached hydrogen (secondary N) is 1. The second kappa shape index (κ2) is 6.26. The lowest BCUT2D eigenvalue weighted by Gasteiger charge is -2.27. The topological polar surface area (TPSA) is 33.7 Å². The van der Waals surface area contributed by atoms with Crippen molar-refractivity contribution in [3.63, 3.8) is 0 Å². The number of nitrogens with zero attached hydrogens (tertiary/aromatic N) is 1. The number of halogens is 2. The van der Waals surface area contributed by atoms with E-state index in [0.717, 1.165) is 20.5 Å². The van der Waals surface area contributed by atoms with Crippen LogP contribution in [0.3, 0.4) is 0 Å². The average Bonchev–Trinajstić information content (AvgIpc) is 2.53. The van der Waals surface area contributed by atoms with Gasteiger partial charge in [-0.25, -0.2) is 0 Å². The van der Waals surface area contributed by atoms with Crippen molar-refractivity contribution in [2.45, 2.75) is 0 Å². The molecule has 0 fully saturated rings. The van der Waals surface area contributed by atoms with Crippen LogP contribution in [-0.2, 0) is 0 Å². The fraction of sp³-hybridized carbons (Fsp3) is 0.125. The van der Waals surface area contributed by atoms with Crippen molar-refractivity contribution in [1.29, 1.82) is 0 Å². The molecule has 0 spiro atoms. The lowest BCUT2D eigenvalue weighted by molar-refractivity contribution is 0.393. The highest BCUT2D eigenvalue weighted by molar-refractivity contribution is 14.1. The van der Waals surface area contributed by atoms with Gasteiger partial charge in [-0.1, -0.05) is 11.6 Å². The molecular weight excluding hydrogens is 415 g/mol. The van der Waals surface area contributed by atoms with E-state index in [1.165, 1.54) is 0 Å². The molecule has 0 saturated carbocycles. The standard InChI is InChI=1S/C16H14ClIN2O2/c1-21-15-6-16(22-2)13(17)5-12(15)14-9-20-8-10(18)3-4-11(20)7-19-14/h3-9,19H,1-2H3. The van der Waals surface area contributed by atoms with Gasteiger partial charge in [0.05, 0.1) is 30.6 Å². The molecule has 2 heterocycles. The highest BCUT2D eigenvalue weighted by Gasteiger charge is 2.18. The van der Waals surface area contributed by atoms with Gasteiger partial charge in [0.1, 0.15) is 11.5 Å². The van der Waals surface area contributed by atoms with E-state index in [2.05, 4.69) is 51.2 Å². The lowest BCUT2D eigenvalue weighted by atomic mass is 10.1. The highest BCUT2D eigenvalue weighted by atomic mass is 127. The zero-order valence-electron chi connectivity index (χ0n) is 12.1. The molecule has 0 aromatic heterocycles. The van der Waals surface area contributed by atoms with Crippen LogP contribution >= 0.6 is 34.2 Å². The molecule has 0 amide bonds. The molecule has 22 heavy (non-hydrogen) atoms. The number of fused-ring (bicyclic) bond motifs is 1. The molecular formula is C16H14ClIN2O2. The van der Waals surface area contributed by atoms with E-state index in [1.54, 1.807) is 20.3 Å². The predicted octanol–water partition coefficient (Wildman–Crippen LogP) is 4.25. The van der Waals surface area contributed by atoms with Crippen LogP contribution in [-0.4, -0.2) is 19.1 Å². The van der Waals surface area contributed by atoms with Crippen LogP contribution in [0.25, 0.3) is 5.70 Å². The molecule has 1 aromatic rings. The zero-order chi connectivity index (χ0) is 15.7. The molecule has 3 rings (SSSR count). The normalized spacial score (nSPS) is 16.2. The van der Waals surface area contributed by atoms with E-state index in [9.17, 15) is 0 Å². The Morgan fingerprint density at radius 3 is 2.59 bits per heavy atom. The Bertz CT molecular complexity index is 738. The molecule has 1 N–H and O–H groups in total. The summed E-state index contributed by atoms with van der Waals surface area (Å²) in [6, 6.07) is 3.63. The van der Waals surface area contributed by atoms with Crippen LogP contribution < -0.4 is 14.8 Å². The summed E-state index contributed by atoms with van der Waals surface area (Å²) in [4.78, 5) is 2.06. The van der Waals surface area contributed by atoms with Gasteiger partial charge in [-0.2, -0.15) is 0 Å². The monoisotopic (exact) mass is 428 g/mol. The molecule has 1 aromatic carbocycles. The summed E-state index contributed by atoms with van der Waals surface area (Å²) in [7, 11) is 3.21. The van der Waals surface area contributed by atoms with Crippen LogP contribution in [0.4, 0.5) is 0 Å². The van der Waals surface area contributed by atoms with Gasteiger partial charge in [0.15, 0.2) is 0 Å². The molecule has 2 aliphatic rings. The Morgan fingerprint density at radius 1 is 1.09 bits per heavy atom. The van der Waals surface area contributed by atoms with Crippen molar-refractivity contribution < 1.29 is 9.47 Å². The van der Waals surface area contributed by atoms with E-state index in [-0.39, 0.29) is 0 Å².